The van der Waals surface area contributed by atoms with Crippen LogP contribution in [0.25, 0.3) is 0 Å². The summed E-state index contributed by atoms with van der Waals surface area (Å²) in [4.78, 5) is 2.59. The van der Waals surface area contributed by atoms with Gasteiger partial charge in [-0.1, -0.05) is 24.1 Å². The number of hydrogen-bond acceptors (Lipinski definition) is 2. The van der Waals surface area contributed by atoms with Gasteiger partial charge in [-0.3, -0.25) is 0 Å². The van der Waals surface area contributed by atoms with Gasteiger partial charge in [0.05, 0.1) is 5.02 Å². The van der Waals surface area contributed by atoms with Crippen LogP contribution in [0.4, 0.5) is 0 Å². The second kappa shape index (κ2) is 8.25. The highest BCUT2D eigenvalue weighted by Gasteiger charge is 2.08. The molecule has 1 N–H and O–H groups in total. The van der Waals surface area contributed by atoms with E-state index in [9.17, 15) is 0 Å². The van der Waals surface area contributed by atoms with Crippen molar-refractivity contribution in [2.75, 3.05) is 26.2 Å². The van der Waals surface area contributed by atoms with Gasteiger partial charge in [0.2, 0.25) is 0 Å². The zero-order valence-electron chi connectivity index (χ0n) is 11.3. The van der Waals surface area contributed by atoms with Crippen LogP contribution in [0.1, 0.15) is 31.2 Å². The minimum atomic E-state index is 0.772. The predicted octanol–water partition coefficient (Wildman–Crippen LogP) is 4.07. The van der Waals surface area contributed by atoms with E-state index in [4.69, 9.17) is 11.6 Å². The van der Waals surface area contributed by atoms with E-state index in [-0.39, 0.29) is 0 Å². The largest absolute Gasteiger partial charge is 0.313 e. The second-order valence-electron chi connectivity index (χ2n) is 5.18. The lowest BCUT2D eigenvalue weighted by Gasteiger charge is -2.26. The third kappa shape index (κ3) is 5.42. The highest BCUT2D eigenvalue weighted by atomic mass is 79.9. The summed E-state index contributed by atoms with van der Waals surface area (Å²) in [5.74, 6) is 0. The maximum absolute atomic E-state index is 5.98. The maximum Gasteiger partial charge on any atom is 0.0548 e. The summed E-state index contributed by atoms with van der Waals surface area (Å²) in [6.07, 6.45) is 5.41. The Bertz CT molecular complexity index is 392. The second-order valence-corrected chi connectivity index (χ2v) is 6.44. The molecule has 0 amide bonds. The Labute approximate surface area is 129 Å². The number of halogens is 2. The van der Waals surface area contributed by atoms with Gasteiger partial charge in [0.1, 0.15) is 0 Å². The molecule has 1 fully saturated rings. The molecule has 1 saturated heterocycles. The molecule has 19 heavy (non-hydrogen) atoms. The van der Waals surface area contributed by atoms with Crippen LogP contribution >= 0.6 is 27.5 Å². The van der Waals surface area contributed by atoms with Crippen molar-refractivity contribution < 1.29 is 0 Å². The SMILES string of the molecule is Clc1ccc(CNCCCN2CCCCC2)cc1Br. The quantitative estimate of drug-likeness (QED) is 0.782. The summed E-state index contributed by atoms with van der Waals surface area (Å²) >= 11 is 9.43. The number of nitrogens with one attached hydrogen (secondary N) is 1. The summed E-state index contributed by atoms with van der Waals surface area (Å²) in [7, 11) is 0. The molecule has 1 aliphatic rings. The minimum Gasteiger partial charge on any atom is -0.313 e. The number of hydrogen-bond donors (Lipinski definition) is 1. The summed E-state index contributed by atoms with van der Waals surface area (Å²) < 4.78 is 0.974. The fraction of sp³-hybridized carbons (Fsp3) is 0.600. The van der Waals surface area contributed by atoms with Crippen molar-refractivity contribution in [2.45, 2.75) is 32.2 Å². The van der Waals surface area contributed by atoms with Crippen LogP contribution in [0, 0.1) is 0 Å². The number of benzene rings is 1. The van der Waals surface area contributed by atoms with Crippen molar-refractivity contribution >= 4 is 27.5 Å². The molecular weight excluding hydrogens is 324 g/mol. The van der Waals surface area contributed by atoms with Crippen molar-refractivity contribution in [1.82, 2.24) is 10.2 Å². The van der Waals surface area contributed by atoms with Crippen molar-refractivity contribution in [1.29, 1.82) is 0 Å². The van der Waals surface area contributed by atoms with Gasteiger partial charge in [-0.25, -0.2) is 0 Å². The first-order chi connectivity index (χ1) is 9.25. The molecule has 0 saturated carbocycles. The molecule has 1 aromatic rings. The van der Waals surface area contributed by atoms with Gasteiger partial charge in [-0.05, 0) is 79.1 Å². The highest BCUT2D eigenvalue weighted by molar-refractivity contribution is 9.10. The smallest absolute Gasteiger partial charge is 0.0548 e. The van der Waals surface area contributed by atoms with Gasteiger partial charge >= 0.3 is 0 Å². The van der Waals surface area contributed by atoms with Gasteiger partial charge in [0.25, 0.3) is 0 Å². The zero-order valence-corrected chi connectivity index (χ0v) is 13.6. The van der Waals surface area contributed by atoms with Gasteiger partial charge in [-0.15, -0.1) is 0 Å². The van der Waals surface area contributed by atoms with E-state index < -0.39 is 0 Å². The summed E-state index contributed by atoms with van der Waals surface area (Å²) in [5, 5.41) is 4.27. The van der Waals surface area contributed by atoms with Crippen molar-refractivity contribution in [3.8, 4) is 0 Å². The maximum atomic E-state index is 5.98. The predicted molar refractivity (Wildman–Crippen MR) is 85.8 cm³/mol. The van der Waals surface area contributed by atoms with Crippen molar-refractivity contribution in [2.24, 2.45) is 0 Å². The molecule has 0 aromatic heterocycles. The van der Waals surface area contributed by atoms with E-state index in [1.807, 2.05) is 6.07 Å². The molecule has 0 bridgehead atoms. The third-order valence-electron chi connectivity index (χ3n) is 3.59. The Morgan fingerprint density at radius 1 is 1.21 bits per heavy atom. The molecule has 4 heteroatoms. The molecule has 106 valence electrons. The third-order valence-corrected chi connectivity index (χ3v) is 4.80. The number of likely N-dealkylation sites (tertiary alicyclic amines) is 1. The topological polar surface area (TPSA) is 15.3 Å². The standard InChI is InChI=1S/C15H22BrClN2/c16-14-11-13(5-6-15(14)17)12-18-7-4-10-19-8-2-1-3-9-19/h5-6,11,18H,1-4,7-10,12H2. The molecule has 2 nitrogen and oxygen atoms in total. The van der Waals surface area contributed by atoms with Crippen LogP contribution in [0.2, 0.25) is 5.02 Å². The number of rotatable bonds is 6. The van der Waals surface area contributed by atoms with E-state index in [0.717, 1.165) is 22.6 Å². The molecule has 0 radical (unpaired) electrons. The van der Waals surface area contributed by atoms with E-state index in [0.29, 0.717) is 0 Å². The Balaban J connectivity index is 1.59. The highest BCUT2D eigenvalue weighted by Crippen LogP contribution is 2.23. The average molecular weight is 346 g/mol. The molecule has 2 rings (SSSR count). The number of nitrogens with zero attached hydrogens (tertiary/aromatic N) is 1. The van der Waals surface area contributed by atoms with Crippen LogP contribution in [0.15, 0.2) is 22.7 Å². The lowest BCUT2D eigenvalue weighted by Crippen LogP contribution is -2.32. The van der Waals surface area contributed by atoms with Gasteiger partial charge in [-0.2, -0.15) is 0 Å². The van der Waals surface area contributed by atoms with Crippen LogP contribution < -0.4 is 5.32 Å². The Morgan fingerprint density at radius 3 is 2.74 bits per heavy atom. The fourth-order valence-corrected chi connectivity index (χ4v) is 3.04. The van der Waals surface area contributed by atoms with Crippen molar-refractivity contribution in [3.05, 3.63) is 33.3 Å². The molecule has 0 unspecified atom stereocenters. The molecular formula is C15H22BrClN2. The lowest BCUT2D eigenvalue weighted by molar-refractivity contribution is 0.225. The fourth-order valence-electron chi connectivity index (χ4n) is 2.49. The summed E-state index contributed by atoms with van der Waals surface area (Å²) in [6.45, 7) is 5.82. The van der Waals surface area contributed by atoms with E-state index in [1.54, 1.807) is 0 Å². The zero-order chi connectivity index (χ0) is 13.5. The average Bonchev–Trinajstić information content (AvgIpc) is 2.43. The lowest BCUT2D eigenvalue weighted by atomic mass is 10.1. The van der Waals surface area contributed by atoms with Crippen LogP contribution in [0.5, 0.6) is 0 Å². The van der Waals surface area contributed by atoms with Gasteiger partial charge in [0, 0.05) is 11.0 Å². The summed E-state index contributed by atoms with van der Waals surface area (Å²) in [6, 6.07) is 6.10. The van der Waals surface area contributed by atoms with E-state index in [1.165, 1.54) is 50.9 Å². The molecule has 0 aliphatic carbocycles. The Hall–Kier alpha value is -0.0900. The van der Waals surface area contributed by atoms with Gasteiger partial charge < -0.3 is 10.2 Å². The first kappa shape index (κ1) is 15.3. The minimum absolute atomic E-state index is 0.772. The first-order valence-corrected chi connectivity index (χ1v) is 8.30. The van der Waals surface area contributed by atoms with Crippen LogP contribution in [0.3, 0.4) is 0 Å². The number of piperidine rings is 1. The Morgan fingerprint density at radius 2 is 2.00 bits per heavy atom. The molecule has 1 aromatic carbocycles. The van der Waals surface area contributed by atoms with Gasteiger partial charge in [0.15, 0.2) is 0 Å². The molecule has 1 aliphatic heterocycles. The summed E-state index contributed by atoms with van der Waals surface area (Å²) in [5.41, 5.74) is 1.27. The molecule has 0 atom stereocenters. The van der Waals surface area contributed by atoms with Crippen LogP contribution in [-0.4, -0.2) is 31.1 Å². The van der Waals surface area contributed by atoms with E-state index >= 15 is 0 Å². The normalized spacial score (nSPS) is 16.7. The Kier molecular flexibility index (Phi) is 6.65. The molecule has 1 heterocycles. The monoisotopic (exact) mass is 344 g/mol. The van der Waals surface area contributed by atoms with Crippen LogP contribution in [-0.2, 0) is 6.54 Å². The first-order valence-electron chi connectivity index (χ1n) is 7.13. The van der Waals surface area contributed by atoms with Crippen molar-refractivity contribution in [3.63, 3.8) is 0 Å². The molecule has 0 spiro atoms. The van der Waals surface area contributed by atoms with E-state index in [2.05, 4.69) is 38.3 Å².